The van der Waals surface area contributed by atoms with Gasteiger partial charge in [0.25, 0.3) is 0 Å². The first-order chi connectivity index (χ1) is 6.52. The topological polar surface area (TPSA) is 0 Å². The fraction of sp³-hybridized carbons (Fsp3) is 0.818. The van der Waals surface area contributed by atoms with Gasteiger partial charge in [0.1, 0.15) is 0 Å². The lowest BCUT2D eigenvalue weighted by atomic mass is 10.1. The molecule has 0 aromatic carbocycles. The molecule has 0 aliphatic heterocycles. The molecule has 0 amide bonds. The lowest BCUT2D eigenvalue weighted by Gasteiger charge is -2.09. The molecule has 0 spiro atoms. The molecular weight excluding hydrogens is 189 g/mol. The summed E-state index contributed by atoms with van der Waals surface area (Å²) in [4.78, 5) is 0. The summed E-state index contributed by atoms with van der Waals surface area (Å²) in [5, 5.41) is 0. The number of halogens is 3. The Kier molecular flexibility index (Phi) is 6.67. The average Bonchev–Trinajstić information content (AvgIpc) is 2.09. The van der Waals surface area contributed by atoms with Crippen LogP contribution in [0.25, 0.3) is 0 Å². The largest absolute Gasteiger partial charge is 0.412 e. The van der Waals surface area contributed by atoms with Crippen LogP contribution < -0.4 is 0 Å². The van der Waals surface area contributed by atoms with Crippen molar-refractivity contribution in [1.29, 1.82) is 0 Å². The summed E-state index contributed by atoms with van der Waals surface area (Å²) in [6.45, 7) is 3.63. The summed E-state index contributed by atoms with van der Waals surface area (Å²) < 4.78 is 36.7. The third kappa shape index (κ3) is 6.06. The van der Waals surface area contributed by atoms with E-state index >= 15 is 0 Å². The fourth-order valence-electron chi connectivity index (χ4n) is 1.31. The molecule has 0 atom stereocenters. The molecular formula is C11H19F3. The Morgan fingerprint density at radius 3 is 2.14 bits per heavy atom. The molecule has 0 unspecified atom stereocenters. The minimum absolute atomic E-state index is 0.0806. The second kappa shape index (κ2) is 6.91. The highest BCUT2D eigenvalue weighted by Gasteiger charge is 2.31. The van der Waals surface area contributed by atoms with Crippen LogP contribution in [-0.2, 0) is 0 Å². The van der Waals surface area contributed by atoms with Crippen LogP contribution in [0, 0.1) is 0 Å². The molecule has 0 rings (SSSR count). The zero-order chi connectivity index (χ0) is 11.0. The zero-order valence-corrected chi connectivity index (χ0v) is 8.95. The minimum Gasteiger partial charge on any atom is -0.166 e. The van der Waals surface area contributed by atoms with Crippen molar-refractivity contribution in [3.8, 4) is 0 Å². The van der Waals surface area contributed by atoms with Crippen molar-refractivity contribution in [1.82, 2.24) is 0 Å². The van der Waals surface area contributed by atoms with Gasteiger partial charge in [0.2, 0.25) is 0 Å². The van der Waals surface area contributed by atoms with Crippen molar-refractivity contribution in [2.75, 3.05) is 0 Å². The van der Waals surface area contributed by atoms with Crippen molar-refractivity contribution in [2.24, 2.45) is 0 Å². The number of hydrogen-bond acceptors (Lipinski definition) is 0. The number of rotatable bonds is 6. The first kappa shape index (κ1) is 13.5. The average molecular weight is 208 g/mol. The molecule has 0 heterocycles. The molecule has 0 bridgehead atoms. The Balaban J connectivity index is 3.83. The van der Waals surface area contributed by atoms with Gasteiger partial charge in [-0.3, -0.25) is 0 Å². The van der Waals surface area contributed by atoms with Crippen LogP contribution >= 0.6 is 0 Å². The second-order valence-electron chi connectivity index (χ2n) is 3.43. The van der Waals surface area contributed by atoms with Crippen LogP contribution in [-0.4, -0.2) is 6.18 Å². The summed E-state index contributed by atoms with van der Waals surface area (Å²) >= 11 is 0. The molecule has 0 saturated heterocycles. The second-order valence-corrected chi connectivity index (χ2v) is 3.43. The normalized spacial score (nSPS) is 13.4. The van der Waals surface area contributed by atoms with Crippen LogP contribution in [0.4, 0.5) is 13.2 Å². The van der Waals surface area contributed by atoms with Gasteiger partial charge in [-0.25, -0.2) is 0 Å². The third-order valence-corrected chi connectivity index (χ3v) is 2.19. The number of hydrogen-bond donors (Lipinski definition) is 0. The molecule has 3 heteroatoms. The summed E-state index contributed by atoms with van der Waals surface area (Å²) in [7, 11) is 0. The SMILES string of the molecule is CCCCCCC=C(CC)C(F)(F)F. The van der Waals surface area contributed by atoms with E-state index in [4.69, 9.17) is 0 Å². The molecule has 0 aromatic heterocycles. The van der Waals surface area contributed by atoms with Gasteiger partial charge in [-0.05, 0) is 19.3 Å². The van der Waals surface area contributed by atoms with Crippen molar-refractivity contribution >= 4 is 0 Å². The van der Waals surface area contributed by atoms with Gasteiger partial charge < -0.3 is 0 Å². The summed E-state index contributed by atoms with van der Waals surface area (Å²) in [6.07, 6.45) is 1.98. The molecule has 0 radical (unpaired) electrons. The van der Waals surface area contributed by atoms with Crippen LogP contribution in [0.3, 0.4) is 0 Å². The van der Waals surface area contributed by atoms with E-state index < -0.39 is 6.18 Å². The molecule has 84 valence electrons. The first-order valence-corrected chi connectivity index (χ1v) is 5.28. The van der Waals surface area contributed by atoms with Gasteiger partial charge in [0, 0.05) is 5.57 Å². The van der Waals surface area contributed by atoms with Crippen LogP contribution in [0.5, 0.6) is 0 Å². The smallest absolute Gasteiger partial charge is 0.166 e. The monoisotopic (exact) mass is 208 g/mol. The van der Waals surface area contributed by atoms with Crippen molar-refractivity contribution in [3.63, 3.8) is 0 Å². The fourth-order valence-corrected chi connectivity index (χ4v) is 1.31. The Morgan fingerprint density at radius 1 is 1.07 bits per heavy atom. The van der Waals surface area contributed by atoms with Gasteiger partial charge in [-0.15, -0.1) is 0 Å². The number of alkyl halides is 3. The van der Waals surface area contributed by atoms with Gasteiger partial charge in [0.15, 0.2) is 0 Å². The molecule has 14 heavy (non-hydrogen) atoms. The van der Waals surface area contributed by atoms with Crippen molar-refractivity contribution in [2.45, 2.75) is 58.5 Å². The lowest BCUT2D eigenvalue weighted by molar-refractivity contribution is -0.0938. The van der Waals surface area contributed by atoms with E-state index in [0.29, 0.717) is 6.42 Å². The van der Waals surface area contributed by atoms with E-state index in [1.807, 2.05) is 0 Å². The molecule has 0 aliphatic carbocycles. The quantitative estimate of drug-likeness (QED) is 0.432. The van der Waals surface area contributed by atoms with Crippen LogP contribution in [0.1, 0.15) is 52.4 Å². The van der Waals surface area contributed by atoms with E-state index in [1.165, 1.54) is 6.08 Å². The lowest BCUT2D eigenvalue weighted by Crippen LogP contribution is -2.10. The zero-order valence-electron chi connectivity index (χ0n) is 8.95. The van der Waals surface area contributed by atoms with E-state index in [-0.39, 0.29) is 12.0 Å². The van der Waals surface area contributed by atoms with E-state index in [0.717, 1.165) is 25.7 Å². The molecule has 0 saturated carbocycles. The maximum absolute atomic E-state index is 12.2. The Labute approximate surface area is 84.2 Å². The number of unbranched alkanes of at least 4 members (excludes halogenated alkanes) is 4. The number of allylic oxidation sites excluding steroid dienone is 2. The molecule has 0 N–H and O–H groups in total. The molecule has 0 aromatic rings. The van der Waals surface area contributed by atoms with E-state index in [9.17, 15) is 13.2 Å². The van der Waals surface area contributed by atoms with Crippen molar-refractivity contribution in [3.05, 3.63) is 11.6 Å². The van der Waals surface area contributed by atoms with E-state index in [2.05, 4.69) is 6.92 Å². The van der Waals surface area contributed by atoms with Gasteiger partial charge in [-0.1, -0.05) is 39.2 Å². The predicted molar refractivity (Wildman–Crippen MR) is 53.2 cm³/mol. The van der Waals surface area contributed by atoms with Crippen LogP contribution in [0.2, 0.25) is 0 Å². The Bertz CT molecular complexity index is 168. The molecule has 0 nitrogen and oxygen atoms in total. The maximum Gasteiger partial charge on any atom is 0.412 e. The first-order valence-electron chi connectivity index (χ1n) is 5.28. The van der Waals surface area contributed by atoms with Gasteiger partial charge in [0.05, 0.1) is 0 Å². The highest BCUT2D eigenvalue weighted by Crippen LogP contribution is 2.28. The van der Waals surface area contributed by atoms with E-state index in [1.54, 1.807) is 6.92 Å². The summed E-state index contributed by atoms with van der Waals surface area (Å²) in [5.41, 5.74) is -0.381. The van der Waals surface area contributed by atoms with Crippen molar-refractivity contribution < 1.29 is 13.2 Å². The highest BCUT2D eigenvalue weighted by atomic mass is 19.4. The molecule has 0 aliphatic rings. The Hall–Kier alpha value is -0.470. The third-order valence-electron chi connectivity index (χ3n) is 2.19. The summed E-state index contributed by atoms with van der Waals surface area (Å²) in [6, 6.07) is 0. The highest BCUT2D eigenvalue weighted by molar-refractivity contribution is 5.07. The van der Waals surface area contributed by atoms with Gasteiger partial charge in [-0.2, -0.15) is 13.2 Å². The summed E-state index contributed by atoms with van der Waals surface area (Å²) in [5.74, 6) is 0. The standard InChI is InChI=1S/C11H19F3/c1-3-5-6-7-8-9-10(4-2)11(12,13)14/h9H,3-8H2,1-2H3. The predicted octanol–water partition coefficient (Wildman–Crippen LogP) is 4.86. The Morgan fingerprint density at radius 2 is 1.71 bits per heavy atom. The maximum atomic E-state index is 12.2. The minimum atomic E-state index is -4.13. The molecule has 0 fully saturated rings. The van der Waals surface area contributed by atoms with Crippen LogP contribution in [0.15, 0.2) is 11.6 Å². The van der Waals surface area contributed by atoms with Gasteiger partial charge >= 0.3 is 6.18 Å².